The summed E-state index contributed by atoms with van der Waals surface area (Å²) >= 11 is 0. The first-order valence-corrected chi connectivity index (χ1v) is 8.10. The van der Waals surface area contributed by atoms with E-state index in [1.54, 1.807) is 25.1 Å². The number of rotatable bonds is 2. The van der Waals surface area contributed by atoms with Crippen molar-refractivity contribution in [2.24, 2.45) is 10.2 Å². The van der Waals surface area contributed by atoms with Crippen LogP contribution in [0, 0.1) is 27.7 Å². The van der Waals surface area contributed by atoms with E-state index in [9.17, 15) is 10.2 Å². The van der Waals surface area contributed by atoms with Gasteiger partial charge in [0.25, 0.3) is 0 Å². The summed E-state index contributed by atoms with van der Waals surface area (Å²) in [5, 5.41) is 30.4. The summed E-state index contributed by atoms with van der Waals surface area (Å²) < 4.78 is 0. The summed E-state index contributed by atoms with van der Waals surface area (Å²) in [5.41, 5.74) is 3.66. The first-order valence-electron chi connectivity index (χ1n) is 8.10. The molecule has 3 rings (SSSR count). The molecule has 0 saturated heterocycles. The van der Waals surface area contributed by atoms with Crippen LogP contribution >= 0.6 is 0 Å². The molecule has 0 aliphatic rings. The van der Waals surface area contributed by atoms with Gasteiger partial charge in [0.2, 0.25) is 0 Å². The van der Waals surface area contributed by atoms with Crippen LogP contribution in [-0.2, 0) is 17.1 Å². The van der Waals surface area contributed by atoms with E-state index in [1.165, 1.54) is 0 Å². The third-order valence-corrected chi connectivity index (χ3v) is 3.82. The molecule has 2 N–H and O–H groups in total. The van der Waals surface area contributed by atoms with Gasteiger partial charge in [-0.3, -0.25) is 0 Å². The molecule has 0 aliphatic heterocycles. The fraction of sp³-hybridized carbons (Fsp3) is 0.190. The largest absolute Gasteiger partial charge is 1.00 e. The molecule has 0 aliphatic carbocycles. The molecule has 0 amide bonds. The van der Waals surface area contributed by atoms with E-state index in [1.807, 2.05) is 45.0 Å². The topological polar surface area (TPSA) is 65.2 Å². The van der Waals surface area contributed by atoms with Crippen molar-refractivity contribution in [1.82, 2.24) is 0 Å². The number of fused-ring (bicyclic) bond motifs is 1. The Balaban J connectivity index is 0.00000109. The van der Waals surface area contributed by atoms with Crippen LogP contribution in [0.1, 0.15) is 23.6 Å². The molecule has 0 saturated carbocycles. The van der Waals surface area contributed by atoms with Crippen molar-refractivity contribution in [3.8, 4) is 11.5 Å². The third-order valence-electron chi connectivity index (χ3n) is 3.82. The van der Waals surface area contributed by atoms with Gasteiger partial charge in [0.15, 0.2) is 0 Å². The van der Waals surface area contributed by atoms with Crippen molar-refractivity contribution in [2.45, 2.75) is 27.7 Å². The second kappa shape index (κ2) is 9.37. The van der Waals surface area contributed by atoms with Gasteiger partial charge in [-0.15, -0.1) is 10.2 Å². The summed E-state index contributed by atoms with van der Waals surface area (Å²) in [6.07, 6.45) is 0. The Morgan fingerprint density at radius 2 is 1.42 bits per heavy atom. The maximum Gasteiger partial charge on any atom is 1.00 e. The van der Waals surface area contributed by atoms with Gasteiger partial charge in [0, 0.05) is 5.39 Å². The number of phenols is 2. The van der Waals surface area contributed by atoms with Gasteiger partial charge in [-0.05, 0) is 55.5 Å². The fourth-order valence-electron chi connectivity index (χ4n) is 2.55. The zero-order valence-corrected chi connectivity index (χ0v) is 16.3. The van der Waals surface area contributed by atoms with Gasteiger partial charge in [-0.1, -0.05) is 29.8 Å². The van der Waals surface area contributed by atoms with E-state index >= 15 is 0 Å². The number of benzene rings is 3. The monoisotopic (exact) mass is 398 g/mol. The van der Waals surface area contributed by atoms with Crippen molar-refractivity contribution in [3.05, 3.63) is 66.1 Å². The number of phenolic OH excluding ortho intramolecular Hbond substituents is 2. The Labute approximate surface area is 165 Å². The van der Waals surface area contributed by atoms with Crippen LogP contribution < -0.4 is 0 Å². The minimum atomic E-state index is 0. The zero-order valence-electron chi connectivity index (χ0n) is 15.3. The van der Waals surface area contributed by atoms with E-state index in [0.29, 0.717) is 11.4 Å². The minimum absolute atomic E-state index is 0. The molecule has 0 unspecified atom stereocenters. The Hall–Kier alpha value is -2.36. The Morgan fingerprint density at radius 1 is 0.808 bits per heavy atom. The van der Waals surface area contributed by atoms with Crippen LogP contribution in [0.2, 0.25) is 0 Å². The van der Waals surface area contributed by atoms with E-state index in [0.717, 1.165) is 27.5 Å². The van der Waals surface area contributed by atoms with E-state index in [4.69, 9.17) is 0 Å². The Bertz CT molecular complexity index is 937. The first-order chi connectivity index (χ1) is 12.0. The molecule has 140 valence electrons. The number of aromatic hydroxyl groups is 2. The molecule has 3 aromatic carbocycles. The number of aryl methyl sites for hydroxylation is 3. The average Bonchev–Trinajstić information content (AvgIpc) is 2.60. The minimum Gasteiger partial charge on any atom is -0.506 e. The van der Waals surface area contributed by atoms with Gasteiger partial charge in [0.1, 0.15) is 22.9 Å². The van der Waals surface area contributed by atoms with Crippen LogP contribution in [0.4, 0.5) is 11.4 Å². The summed E-state index contributed by atoms with van der Waals surface area (Å²) in [6.45, 7) is 10.8. The zero-order chi connectivity index (χ0) is 18.6. The normalized spacial score (nSPS) is 10.3. The smallest absolute Gasteiger partial charge is 0.506 e. The SMILES string of the molecule is Cc1ccc(O)c(N=Nc2c(O)c(C)cc3cc(C)ccc23)c1.[CH2-]C.[Cu+]. The number of azo groups is 1. The molecule has 0 heterocycles. The predicted octanol–water partition coefficient (Wildman–Crippen LogP) is 6.43. The molecule has 5 heteroatoms. The molecule has 0 aromatic heterocycles. The Kier molecular flexibility index (Phi) is 7.81. The molecule has 0 bridgehead atoms. The molecule has 0 fully saturated rings. The van der Waals surface area contributed by atoms with Gasteiger partial charge in [-0.25, -0.2) is 0 Å². The molecule has 0 radical (unpaired) electrons. The molecule has 26 heavy (non-hydrogen) atoms. The summed E-state index contributed by atoms with van der Waals surface area (Å²) in [5.74, 6) is 0.170. The first kappa shape index (κ1) is 21.7. The second-order valence-corrected chi connectivity index (χ2v) is 5.81. The number of hydrogen-bond donors (Lipinski definition) is 2. The van der Waals surface area contributed by atoms with E-state index in [-0.39, 0.29) is 28.6 Å². The summed E-state index contributed by atoms with van der Waals surface area (Å²) in [6, 6.07) is 13.0. The molecule has 0 spiro atoms. The predicted molar refractivity (Wildman–Crippen MR) is 103 cm³/mol. The van der Waals surface area contributed by atoms with Crippen LogP contribution in [0.25, 0.3) is 10.8 Å². The summed E-state index contributed by atoms with van der Waals surface area (Å²) in [4.78, 5) is 0. The molecule has 0 atom stereocenters. The molecule has 3 aromatic rings. The van der Waals surface area contributed by atoms with Gasteiger partial charge in [-0.2, -0.15) is 6.92 Å². The van der Waals surface area contributed by atoms with Crippen molar-refractivity contribution in [1.29, 1.82) is 0 Å². The second-order valence-electron chi connectivity index (χ2n) is 5.81. The summed E-state index contributed by atoms with van der Waals surface area (Å²) in [7, 11) is 0. The quantitative estimate of drug-likeness (QED) is 0.296. The van der Waals surface area contributed by atoms with Crippen LogP contribution in [0.15, 0.2) is 52.7 Å². The number of nitrogens with zero attached hydrogens (tertiary/aromatic N) is 2. The van der Waals surface area contributed by atoms with Crippen molar-refractivity contribution in [2.75, 3.05) is 0 Å². The van der Waals surface area contributed by atoms with E-state index < -0.39 is 0 Å². The van der Waals surface area contributed by atoms with Crippen LogP contribution in [-0.4, -0.2) is 10.2 Å². The Morgan fingerprint density at radius 3 is 2.12 bits per heavy atom. The van der Waals surface area contributed by atoms with Crippen molar-refractivity contribution >= 4 is 22.1 Å². The van der Waals surface area contributed by atoms with Gasteiger partial charge in [0.05, 0.1) is 0 Å². The standard InChI is InChI=1S/C19H18N2O2.C2H5.Cu/c1-11-4-6-15-14(8-11)10-13(3)19(23)18(15)21-20-16-9-12(2)5-7-17(16)22;1-2;/h4-10,22-23H,1-3H3;1H2,2H3;/q;-1;+1. The number of hydrogen-bond acceptors (Lipinski definition) is 4. The maximum atomic E-state index is 10.4. The van der Waals surface area contributed by atoms with E-state index in [2.05, 4.69) is 17.2 Å². The van der Waals surface area contributed by atoms with Crippen molar-refractivity contribution in [3.63, 3.8) is 0 Å². The average molecular weight is 399 g/mol. The molecular weight excluding hydrogens is 376 g/mol. The van der Waals surface area contributed by atoms with Crippen LogP contribution in [0.5, 0.6) is 11.5 Å². The van der Waals surface area contributed by atoms with Crippen LogP contribution in [0.3, 0.4) is 0 Å². The van der Waals surface area contributed by atoms with Gasteiger partial charge >= 0.3 is 17.1 Å². The van der Waals surface area contributed by atoms with Crippen molar-refractivity contribution < 1.29 is 27.3 Å². The fourth-order valence-corrected chi connectivity index (χ4v) is 2.55. The molecule has 4 nitrogen and oxygen atoms in total. The van der Waals surface area contributed by atoms with Gasteiger partial charge < -0.3 is 17.1 Å². The third kappa shape index (κ3) is 4.63. The maximum absolute atomic E-state index is 10.4. The molecular formula is C21H23CuN2O2.